The van der Waals surface area contributed by atoms with Crippen LogP contribution in [0.3, 0.4) is 0 Å². The van der Waals surface area contributed by atoms with Crippen LogP contribution in [0, 0.1) is 5.92 Å². The second-order valence-corrected chi connectivity index (χ2v) is 8.43. The normalized spacial score (nSPS) is 13.8. The Balaban J connectivity index is 4.42. The van der Waals surface area contributed by atoms with Gasteiger partial charge in [-0.1, -0.05) is 13.8 Å². The molecule has 0 aliphatic heterocycles. The molecular formula is C18H36N2O3. The van der Waals surface area contributed by atoms with Crippen LogP contribution in [0.5, 0.6) is 0 Å². The largest absolute Gasteiger partial charge is 0.444 e. The van der Waals surface area contributed by atoms with Crippen molar-refractivity contribution in [2.75, 3.05) is 6.54 Å². The average Bonchev–Trinajstić information content (AvgIpc) is 2.32. The maximum absolute atomic E-state index is 12.3. The summed E-state index contributed by atoms with van der Waals surface area (Å²) in [6.07, 6.45) is 1.96. The first-order valence-corrected chi connectivity index (χ1v) is 8.60. The molecule has 0 aromatic carbocycles. The van der Waals surface area contributed by atoms with Crippen molar-refractivity contribution in [3.05, 3.63) is 0 Å². The van der Waals surface area contributed by atoms with Gasteiger partial charge in [0.2, 0.25) is 0 Å². The summed E-state index contributed by atoms with van der Waals surface area (Å²) in [5.74, 6) is -0.0534. The molecule has 0 radical (unpaired) electrons. The quantitative estimate of drug-likeness (QED) is 0.667. The van der Waals surface area contributed by atoms with Crippen LogP contribution in [-0.4, -0.2) is 35.6 Å². The van der Waals surface area contributed by atoms with Gasteiger partial charge in [-0.2, -0.15) is 0 Å². The zero-order valence-corrected chi connectivity index (χ0v) is 16.2. The van der Waals surface area contributed by atoms with Crippen molar-refractivity contribution in [3.8, 4) is 0 Å². The highest BCUT2D eigenvalue weighted by Crippen LogP contribution is 2.11. The Labute approximate surface area is 141 Å². The number of carbonyl (C=O) groups excluding carboxylic acids is 2. The van der Waals surface area contributed by atoms with Gasteiger partial charge in [-0.15, -0.1) is 0 Å². The standard InChI is InChI=1S/C18H36N2O3/c1-13(2)15(21)14(20-16(22)23-18(6,7)8)11-9-10-12-19-17(3,4)5/h13-14,19H,9-12H2,1-8H3,(H,20,22). The molecule has 2 N–H and O–H groups in total. The van der Waals surface area contributed by atoms with E-state index in [9.17, 15) is 9.59 Å². The Kier molecular flexibility index (Phi) is 8.82. The van der Waals surface area contributed by atoms with E-state index in [2.05, 4.69) is 31.4 Å². The van der Waals surface area contributed by atoms with Crippen molar-refractivity contribution in [2.45, 2.75) is 91.8 Å². The lowest BCUT2D eigenvalue weighted by molar-refractivity contribution is -0.124. The molecule has 23 heavy (non-hydrogen) atoms. The van der Waals surface area contributed by atoms with Crippen LogP contribution in [0.25, 0.3) is 0 Å². The van der Waals surface area contributed by atoms with E-state index in [4.69, 9.17) is 4.74 Å². The minimum Gasteiger partial charge on any atom is -0.444 e. The zero-order valence-electron chi connectivity index (χ0n) is 16.2. The molecule has 1 amide bonds. The van der Waals surface area contributed by atoms with Gasteiger partial charge in [0.15, 0.2) is 5.78 Å². The zero-order chi connectivity index (χ0) is 18.3. The summed E-state index contributed by atoms with van der Waals surface area (Å²) in [5, 5.41) is 6.15. The third-order valence-electron chi connectivity index (χ3n) is 3.18. The maximum atomic E-state index is 12.3. The Bertz CT molecular complexity index is 379. The summed E-state index contributed by atoms with van der Waals surface area (Å²) in [6, 6.07) is -0.473. The highest BCUT2D eigenvalue weighted by Gasteiger charge is 2.25. The van der Waals surface area contributed by atoms with Gasteiger partial charge in [-0.05, 0) is 67.3 Å². The lowest BCUT2D eigenvalue weighted by Gasteiger charge is -2.24. The molecule has 1 atom stereocenters. The van der Waals surface area contributed by atoms with Crippen LogP contribution in [0.15, 0.2) is 0 Å². The number of rotatable bonds is 8. The predicted molar refractivity (Wildman–Crippen MR) is 94.6 cm³/mol. The van der Waals surface area contributed by atoms with Gasteiger partial charge in [-0.3, -0.25) is 4.79 Å². The van der Waals surface area contributed by atoms with Gasteiger partial charge < -0.3 is 15.4 Å². The fraction of sp³-hybridized carbons (Fsp3) is 0.889. The van der Waals surface area contributed by atoms with Gasteiger partial charge in [0.1, 0.15) is 5.60 Å². The highest BCUT2D eigenvalue weighted by atomic mass is 16.6. The molecule has 136 valence electrons. The first kappa shape index (κ1) is 21.9. The Hall–Kier alpha value is -1.10. The molecule has 5 nitrogen and oxygen atoms in total. The first-order chi connectivity index (χ1) is 10.3. The fourth-order valence-corrected chi connectivity index (χ4v) is 2.07. The fourth-order valence-electron chi connectivity index (χ4n) is 2.07. The third kappa shape index (κ3) is 12.0. The van der Waals surface area contributed by atoms with E-state index in [1.807, 2.05) is 34.6 Å². The smallest absolute Gasteiger partial charge is 0.408 e. The van der Waals surface area contributed by atoms with Crippen molar-refractivity contribution < 1.29 is 14.3 Å². The maximum Gasteiger partial charge on any atom is 0.408 e. The summed E-state index contributed by atoms with van der Waals surface area (Å²) in [7, 11) is 0. The topological polar surface area (TPSA) is 67.4 Å². The third-order valence-corrected chi connectivity index (χ3v) is 3.18. The van der Waals surface area contributed by atoms with Gasteiger partial charge in [0, 0.05) is 11.5 Å². The highest BCUT2D eigenvalue weighted by molar-refractivity contribution is 5.88. The van der Waals surface area contributed by atoms with Crippen LogP contribution in [0.1, 0.15) is 74.7 Å². The number of alkyl carbamates (subject to hydrolysis) is 1. The molecule has 0 aromatic rings. The average molecular weight is 328 g/mol. The van der Waals surface area contributed by atoms with Crippen molar-refractivity contribution in [1.82, 2.24) is 10.6 Å². The number of nitrogens with one attached hydrogen (secondary N) is 2. The minimum absolute atomic E-state index is 0.0552. The summed E-state index contributed by atoms with van der Waals surface area (Å²) in [6.45, 7) is 16.4. The number of carbonyl (C=O) groups is 2. The SMILES string of the molecule is CC(C)C(=O)C(CCCCNC(C)(C)C)NC(=O)OC(C)(C)C. The lowest BCUT2D eigenvalue weighted by atomic mass is 9.97. The molecule has 0 saturated heterocycles. The first-order valence-electron chi connectivity index (χ1n) is 8.60. The Morgan fingerprint density at radius 3 is 2.00 bits per heavy atom. The molecular weight excluding hydrogens is 292 g/mol. The molecule has 0 aliphatic rings. The number of amides is 1. The van der Waals surface area contributed by atoms with E-state index in [0.717, 1.165) is 19.4 Å². The number of hydrogen-bond acceptors (Lipinski definition) is 4. The van der Waals surface area contributed by atoms with Gasteiger partial charge in [0.05, 0.1) is 6.04 Å². The number of unbranched alkanes of at least 4 members (excludes halogenated alkanes) is 1. The summed E-state index contributed by atoms with van der Waals surface area (Å²) >= 11 is 0. The molecule has 5 heteroatoms. The molecule has 0 aliphatic carbocycles. The van der Waals surface area contributed by atoms with Crippen molar-refractivity contribution in [2.24, 2.45) is 5.92 Å². The molecule has 0 fully saturated rings. The Morgan fingerprint density at radius 2 is 1.57 bits per heavy atom. The van der Waals surface area contributed by atoms with Crippen molar-refractivity contribution >= 4 is 11.9 Å². The predicted octanol–water partition coefficient (Wildman–Crippen LogP) is 3.66. The summed E-state index contributed by atoms with van der Waals surface area (Å²) in [5.41, 5.74) is -0.464. The summed E-state index contributed by atoms with van der Waals surface area (Å²) in [4.78, 5) is 24.2. The lowest BCUT2D eigenvalue weighted by Crippen LogP contribution is -2.45. The van der Waals surface area contributed by atoms with E-state index < -0.39 is 17.7 Å². The van der Waals surface area contributed by atoms with Crippen molar-refractivity contribution in [1.29, 1.82) is 0 Å². The van der Waals surface area contributed by atoms with Gasteiger partial charge >= 0.3 is 6.09 Å². The van der Waals surface area contributed by atoms with E-state index in [-0.39, 0.29) is 17.2 Å². The van der Waals surface area contributed by atoms with E-state index >= 15 is 0 Å². The monoisotopic (exact) mass is 328 g/mol. The van der Waals surface area contributed by atoms with Crippen LogP contribution < -0.4 is 10.6 Å². The Morgan fingerprint density at radius 1 is 1.00 bits per heavy atom. The molecule has 0 bridgehead atoms. The second kappa shape index (κ2) is 9.26. The molecule has 0 saturated carbocycles. The van der Waals surface area contributed by atoms with Crippen LogP contribution in [0.4, 0.5) is 4.79 Å². The number of ketones is 1. The van der Waals surface area contributed by atoms with Crippen LogP contribution in [0.2, 0.25) is 0 Å². The van der Waals surface area contributed by atoms with Crippen molar-refractivity contribution in [3.63, 3.8) is 0 Å². The van der Waals surface area contributed by atoms with E-state index in [1.165, 1.54) is 0 Å². The van der Waals surface area contributed by atoms with E-state index in [0.29, 0.717) is 6.42 Å². The molecule has 1 unspecified atom stereocenters. The van der Waals surface area contributed by atoms with Crippen LogP contribution in [-0.2, 0) is 9.53 Å². The number of Topliss-reactive ketones (excluding diaryl/α,β-unsaturated/α-hetero) is 1. The van der Waals surface area contributed by atoms with E-state index in [1.54, 1.807) is 0 Å². The summed E-state index contributed by atoms with van der Waals surface area (Å²) < 4.78 is 5.26. The molecule has 0 aromatic heterocycles. The second-order valence-electron chi connectivity index (χ2n) is 8.43. The number of hydrogen-bond donors (Lipinski definition) is 2. The van der Waals surface area contributed by atoms with Crippen LogP contribution >= 0.6 is 0 Å². The molecule has 0 spiro atoms. The van der Waals surface area contributed by atoms with Gasteiger partial charge in [0.25, 0.3) is 0 Å². The minimum atomic E-state index is -0.563. The molecule has 0 heterocycles. The number of ether oxygens (including phenoxy) is 1. The molecule has 0 rings (SSSR count). The van der Waals surface area contributed by atoms with Gasteiger partial charge in [-0.25, -0.2) is 4.79 Å².